The second-order valence-electron chi connectivity index (χ2n) is 4.98. The molecular weight excluding hydrogens is 242 g/mol. The number of rotatable bonds is 5. The zero-order valence-corrected chi connectivity index (χ0v) is 11.3. The van der Waals surface area contributed by atoms with Crippen molar-refractivity contribution in [2.75, 3.05) is 31.1 Å². The Kier molecular flexibility index (Phi) is 4.55. The molecule has 5 nitrogen and oxygen atoms in total. The van der Waals surface area contributed by atoms with E-state index in [4.69, 9.17) is 5.11 Å². The van der Waals surface area contributed by atoms with Crippen molar-refractivity contribution in [3.05, 3.63) is 0 Å². The van der Waals surface area contributed by atoms with Crippen LogP contribution in [0.3, 0.4) is 0 Å². The molecule has 1 atom stereocenters. The molecule has 0 radical (unpaired) electrons. The molecule has 0 aromatic carbocycles. The van der Waals surface area contributed by atoms with Crippen molar-refractivity contribution < 1.29 is 18.3 Å². The van der Waals surface area contributed by atoms with Crippen LogP contribution in [0.25, 0.3) is 0 Å². The molecule has 1 heterocycles. The summed E-state index contributed by atoms with van der Waals surface area (Å²) in [6.45, 7) is 5.05. The highest BCUT2D eigenvalue weighted by molar-refractivity contribution is 7.91. The third-order valence-corrected chi connectivity index (χ3v) is 5.13. The summed E-state index contributed by atoms with van der Waals surface area (Å²) < 4.78 is 22.8. The van der Waals surface area contributed by atoms with Crippen LogP contribution in [0, 0.1) is 5.41 Å². The van der Waals surface area contributed by atoms with Gasteiger partial charge in [0, 0.05) is 18.8 Å². The molecule has 1 rings (SSSR count). The largest absolute Gasteiger partial charge is 0.481 e. The van der Waals surface area contributed by atoms with E-state index in [0.717, 1.165) is 13.0 Å². The van der Waals surface area contributed by atoms with Crippen LogP contribution in [0.1, 0.15) is 26.7 Å². The van der Waals surface area contributed by atoms with Gasteiger partial charge in [0.2, 0.25) is 0 Å². The summed E-state index contributed by atoms with van der Waals surface area (Å²) in [5.74, 6) is -0.517. The lowest BCUT2D eigenvalue weighted by atomic mass is 9.82. The Morgan fingerprint density at radius 3 is 2.65 bits per heavy atom. The van der Waals surface area contributed by atoms with Crippen molar-refractivity contribution in [3.63, 3.8) is 0 Å². The maximum Gasteiger partial charge on any atom is 0.310 e. The van der Waals surface area contributed by atoms with Crippen LogP contribution >= 0.6 is 0 Å². The molecule has 1 aliphatic heterocycles. The minimum atomic E-state index is -2.97. The summed E-state index contributed by atoms with van der Waals surface area (Å²) in [5.41, 5.74) is -0.728. The van der Waals surface area contributed by atoms with Gasteiger partial charge in [-0.05, 0) is 26.3 Å². The van der Waals surface area contributed by atoms with E-state index in [9.17, 15) is 13.2 Å². The normalized spacial score (nSPS) is 26.9. The Bertz CT molecular complexity index is 379. The number of carbonyl (C=O) groups is 1. The highest BCUT2D eigenvalue weighted by Gasteiger charge is 2.37. The Labute approximate surface area is 103 Å². The van der Waals surface area contributed by atoms with E-state index < -0.39 is 21.2 Å². The fourth-order valence-corrected chi connectivity index (χ4v) is 2.95. The van der Waals surface area contributed by atoms with E-state index in [2.05, 4.69) is 0 Å². The maximum atomic E-state index is 11.4. The predicted octanol–water partition coefficient (Wildman–Crippen LogP) is 0.608. The van der Waals surface area contributed by atoms with E-state index in [1.165, 1.54) is 0 Å². The highest BCUT2D eigenvalue weighted by atomic mass is 32.2. The van der Waals surface area contributed by atoms with Gasteiger partial charge in [-0.1, -0.05) is 6.92 Å². The van der Waals surface area contributed by atoms with Crippen LogP contribution in [0.2, 0.25) is 0 Å². The molecule has 0 aromatic heterocycles. The lowest BCUT2D eigenvalue weighted by Crippen LogP contribution is -2.47. The molecule has 1 N–H and O–H groups in total. The van der Waals surface area contributed by atoms with Gasteiger partial charge < -0.3 is 10.0 Å². The molecule has 1 unspecified atom stereocenters. The first-order valence-electron chi connectivity index (χ1n) is 5.95. The zero-order valence-electron chi connectivity index (χ0n) is 10.5. The lowest BCUT2D eigenvalue weighted by molar-refractivity contribution is -0.151. The molecule has 1 aliphatic rings. The van der Waals surface area contributed by atoms with E-state index in [1.807, 2.05) is 4.90 Å². The summed E-state index contributed by atoms with van der Waals surface area (Å²) in [4.78, 5) is 13.1. The number of hydrogen-bond acceptors (Lipinski definition) is 4. The number of carboxylic acid groups (broad SMARTS) is 1. The van der Waals surface area contributed by atoms with Crippen molar-refractivity contribution in [1.82, 2.24) is 4.90 Å². The molecule has 0 bridgehead atoms. The summed E-state index contributed by atoms with van der Waals surface area (Å²) >= 11 is 0. The van der Waals surface area contributed by atoms with Crippen molar-refractivity contribution in [2.24, 2.45) is 5.41 Å². The highest BCUT2D eigenvalue weighted by Crippen LogP contribution is 2.29. The Morgan fingerprint density at radius 2 is 2.12 bits per heavy atom. The summed E-state index contributed by atoms with van der Waals surface area (Å²) in [5, 5.41) is 9.14. The minimum Gasteiger partial charge on any atom is -0.481 e. The zero-order chi connectivity index (χ0) is 13.1. The van der Waals surface area contributed by atoms with Gasteiger partial charge in [-0.2, -0.15) is 0 Å². The molecule has 0 saturated carbocycles. The Hall–Kier alpha value is -0.620. The molecule has 100 valence electrons. The molecule has 0 aliphatic carbocycles. The number of likely N-dealkylation sites (tertiary alicyclic amines) is 1. The van der Waals surface area contributed by atoms with Crippen LogP contribution in [0.15, 0.2) is 0 Å². The number of piperidine rings is 1. The molecule has 1 saturated heterocycles. The Morgan fingerprint density at radius 1 is 1.47 bits per heavy atom. The summed E-state index contributed by atoms with van der Waals surface area (Å²) in [6.07, 6.45) is 1.48. The van der Waals surface area contributed by atoms with Crippen LogP contribution in [-0.2, 0) is 14.6 Å². The number of hydrogen-bond donors (Lipinski definition) is 1. The van der Waals surface area contributed by atoms with Gasteiger partial charge in [-0.25, -0.2) is 8.42 Å². The third kappa shape index (κ3) is 3.96. The molecule has 1 fully saturated rings. The average molecular weight is 263 g/mol. The van der Waals surface area contributed by atoms with E-state index >= 15 is 0 Å². The van der Waals surface area contributed by atoms with Crippen molar-refractivity contribution in [1.29, 1.82) is 0 Å². The number of sulfone groups is 1. The van der Waals surface area contributed by atoms with Crippen molar-refractivity contribution >= 4 is 15.8 Å². The van der Waals surface area contributed by atoms with Crippen LogP contribution in [0.4, 0.5) is 0 Å². The molecule has 17 heavy (non-hydrogen) atoms. The first-order chi connectivity index (χ1) is 7.79. The minimum absolute atomic E-state index is 0.124. The summed E-state index contributed by atoms with van der Waals surface area (Å²) in [7, 11) is -2.97. The van der Waals surface area contributed by atoms with Crippen molar-refractivity contribution in [3.8, 4) is 0 Å². The summed E-state index contributed by atoms with van der Waals surface area (Å²) in [6, 6.07) is 0. The Balaban J connectivity index is 2.54. The van der Waals surface area contributed by atoms with E-state index in [1.54, 1.807) is 13.8 Å². The molecule has 0 amide bonds. The van der Waals surface area contributed by atoms with Gasteiger partial charge in [0.15, 0.2) is 9.84 Å². The second kappa shape index (κ2) is 5.35. The first kappa shape index (κ1) is 14.4. The van der Waals surface area contributed by atoms with Crippen LogP contribution < -0.4 is 0 Å². The predicted molar refractivity (Wildman–Crippen MR) is 65.7 cm³/mol. The van der Waals surface area contributed by atoms with Crippen LogP contribution in [0.5, 0.6) is 0 Å². The van der Waals surface area contributed by atoms with E-state index in [0.29, 0.717) is 19.5 Å². The first-order valence-corrected chi connectivity index (χ1v) is 7.77. The monoisotopic (exact) mass is 263 g/mol. The lowest BCUT2D eigenvalue weighted by Gasteiger charge is -2.37. The fourth-order valence-electron chi connectivity index (χ4n) is 2.12. The topological polar surface area (TPSA) is 74.7 Å². The van der Waals surface area contributed by atoms with Gasteiger partial charge in [0.05, 0.1) is 11.2 Å². The number of nitrogens with zero attached hydrogens (tertiary/aromatic N) is 1. The number of carboxylic acids is 1. The van der Waals surface area contributed by atoms with Gasteiger partial charge in [-0.15, -0.1) is 0 Å². The van der Waals surface area contributed by atoms with Crippen LogP contribution in [-0.4, -0.2) is 55.5 Å². The smallest absolute Gasteiger partial charge is 0.310 e. The van der Waals surface area contributed by atoms with Gasteiger partial charge in [0.25, 0.3) is 0 Å². The SMILES string of the molecule is CCS(=O)(=O)CCN1CCCC(C)(C(=O)O)C1. The molecular formula is C11H21NO4S. The number of aliphatic carboxylic acids is 1. The average Bonchev–Trinajstić information content (AvgIpc) is 2.27. The standard InChI is InChI=1S/C11H21NO4S/c1-3-17(15,16)8-7-12-6-4-5-11(2,9-12)10(13)14/h3-9H2,1-2H3,(H,13,14). The second-order valence-corrected chi connectivity index (χ2v) is 7.45. The quantitative estimate of drug-likeness (QED) is 0.786. The van der Waals surface area contributed by atoms with Gasteiger partial charge >= 0.3 is 5.97 Å². The fraction of sp³-hybridized carbons (Fsp3) is 0.909. The molecule has 6 heteroatoms. The van der Waals surface area contributed by atoms with E-state index in [-0.39, 0.29) is 11.5 Å². The van der Waals surface area contributed by atoms with Crippen molar-refractivity contribution in [2.45, 2.75) is 26.7 Å². The van der Waals surface area contributed by atoms with Gasteiger partial charge in [0.1, 0.15) is 0 Å². The maximum absolute atomic E-state index is 11.4. The molecule has 0 aromatic rings. The third-order valence-electron chi connectivity index (χ3n) is 3.45. The molecule has 0 spiro atoms. The van der Waals surface area contributed by atoms with Gasteiger partial charge in [-0.3, -0.25) is 4.79 Å².